The Bertz CT molecular complexity index is 510. The number of aryl methyl sites for hydroxylation is 1. The molecule has 2 N–H and O–H groups in total. The van der Waals surface area contributed by atoms with Gasteiger partial charge in [0.05, 0.1) is 0 Å². The van der Waals surface area contributed by atoms with E-state index in [2.05, 4.69) is 4.74 Å². The molecule has 0 fully saturated rings. The molecule has 5 nitrogen and oxygen atoms in total. The topological polar surface area (TPSA) is 83.8 Å². The number of rotatable bonds is 6. The van der Waals surface area contributed by atoms with Crippen molar-refractivity contribution in [2.75, 3.05) is 0 Å². The summed E-state index contributed by atoms with van der Waals surface area (Å²) in [5, 5.41) is 9.52. The molecular weight excluding hydrogens is 282 g/mol. The fraction of sp³-hybridized carbons (Fsp3) is 0.455. The van der Waals surface area contributed by atoms with Gasteiger partial charge in [-0.05, 0) is 37.5 Å². The summed E-state index contributed by atoms with van der Waals surface area (Å²) >= 11 is 0. The molecule has 108 valence electrons. The second-order valence-electron chi connectivity index (χ2n) is 4.17. The molecule has 0 aliphatic rings. The Labute approximate surface area is 109 Å². The van der Waals surface area contributed by atoms with Crippen LogP contribution in [0.4, 0.5) is 8.78 Å². The van der Waals surface area contributed by atoms with E-state index >= 15 is 0 Å². The molecule has 1 rings (SSSR count). The Morgan fingerprint density at radius 3 is 2.26 bits per heavy atom. The van der Waals surface area contributed by atoms with E-state index < -0.39 is 21.7 Å². The smallest absolute Gasteiger partial charge is 0.387 e. The number of hydrogen-bond acceptors (Lipinski definition) is 4. The van der Waals surface area contributed by atoms with Crippen LogP contribution in [0.15, 0.2) is 24.3 Å². The molecule has 0 bridgehead atoms. The van der Waals surface area contributed by atoms with E-state index in [9.17, 15) is 22.3 Å². The van der Waals surface area contributed by atoms with Crippen LogP contribution in [0.2, 0.25) is 0 Å². The summed E-state index contributed by atoms with van der Waals surface area (Å²) in [4.78, 5) is -2.24. The zero-order valence-corrected chi connectivity index (χ0v) is 10.9. The molecule has 0 amide bonds. The van der Waals surface area contributed by atoms with Gasteiger partial charge in [0.1, 0.15) is 5.75 Å². The standard InChI is InChI=1S/C11H14F2O5S/c1-11(14,19(15,16)17)7-6-8-2-4-9(5-3-8)18-10(12)13/h2-5,10,14H,6-7H2,1H3,(H,15,16,17). The molecule has 1 aromatic rings. The zero-order valence-electron chi connectivity index (χ0n) is 10.1. The van der Waals surface area contributed by atoms with Crippen LogP contribution in [0.1, 0.15) is 18.9 Å². The van der Waals surface area contributed by atoms with Crippen LogP contribution in [0.3, 0.4) is 0 Å². The maximum Gasteiger partial charge on any atom is 0.387 e. The van der Waals surface area contributed by atoms with E-state index in [-0.39, 0.29) is 18.6 Å². The molecule has 8 heteroatoms. The normalized spacial score (nSPS) is 15.3. The average Bonchev–Trinajstić information content (AvgIpc) is 2.26. The minimum atomic E-state index is -4.56. The minimum Gasteiger partial charge on any atom is -0.435 e. The average molecular weight is 296 g/mol. The summed E-state index contributed by atoms with van der Waals surface area (Å²) in [6.45, 7) is -1.93. The van der Waals surface area contributed by atoms with Crippen molar-refractivity contribution in [2.24, 2.45) is 0 Å². The van der Waals surface area contributed by atoms with Gasteiger partial charge in [-0.2, -0.15) is 17.2 Å². The molecule has 0 aliphatic heterocycles. The van der Waals surface area contributed by atoms with Crippen molar-refractivity contribution in [2.45, 2.75) is 31.3 Å². The summed E-state index contributed by atoms with van der Waals surface area (Å²) in [6, 6.07) is 5.56. The highest BCUT2D eigenvalue weighted by molar-refractivity contribution is 7.87. The lowest BCUT2D eigenvalue weighted by Crippen LogP contribution is -2.35. The predicted molar refractivity (Wildman–Crippen MR) is 63.6 cm³/mol. The van der Waals surface area contributed by atoms with Gasteiger partial charge in [0.15, 0.2) is 4.93 Å². The van der Waals surface area contributed by atoms with Gasteiger partial charge in [-0.1, -0.05) is 12.1 Å². The van der Waals surface area contributed by atoms with Crippen LogP contribution in [0.5, 0.6) is 5.75 Å². The molecule has 0 spiro atoms. The van der Waals surface area contributed by atoms with Crippen LogP contribution in [-0.2, 0) is 16.5 Å². The lowest BCUT2D eigenvalue weighted by Gasteiger charge is -2.19. The second kappa shape index (κ2) is 5.81. The Morgan fingerprint density at radius 2 is 1.84 bits per heavy atom. The third-order valence-electron chi connectivity index (χ3n) is 2.58. The highest BCUT2D eigenvalue weighted by Crippen LogP contribution is 2.21. The van der Waals surface area contributed by atoms with Crippen molar-refractivity contribution >= 4 is 10.1 Å². The van der Waals surface area contributed by atoms with Crippen LogP contribution < -0.4 is 4.74 Å². The van der Waals surface area contributed by atoms with Crippen molar-refractivity contribution < 1.29 is 31.6 Å². The van der Waals surface area contributed by atoms with Crippen molar-refractivity contribution in [3.05, 3.63) is 29.8 Å². The second-order valence-corrected chi connectivity index (χ2v) is 6.00. The Hall–Kier alpha value is -1.25. The number of halogens is 2. The maximum absolute atomic E-state index is 11.9. The quantitative estimate of drug-likeness (QED) is 0.782. The molecule has 19 heavy (non-hydrogen) atoms. The third kappa shape index (κ3) is 4.73. The minimum absolute atomic E-state index is 0.0136. The van der Waals surface area contributed by atoms with E-state index in [1.165, 1.54) is 24.3 Å². The largest absolute Gasteiger partial charge is 0.435 e. The van der Waals surface area contributed by atoms with E-state index in [1.54, 1.807) is 0 Å². The molecule has 0 heterocycles. The molecule has 0 saturated heterocycles. The van der Waals surface area contributed by atoms with Gasteiger partial charge in [-0.15, -0.1) is 0 Å². The summed E-state index contributed by atoms with van der Waals surface area (Å²) < 4.78 is 58.5. The first-order valence-corrected chi connectivity index (χ1v) is 6.79. The van der Waals surface area contributed by atoms with Gasteiger partial charge >= 0.3 is 6.61 Å². The lowest BCUT2D eigenvalue weighted by molar-refractivity contribution is -0.0498. The Morgan fingerprint density at radius 1 is 1.32 bits per heavy atom. The molecule has 0 aromatic heterocycles. The van der Waals surface area contributed by atoms with E-state index in [4.69, 9.17) is 4.55 Å². The van der Waals surface area contributed by atoms with Gasteiger partial charge < -0.3 is 9.84 Å². The summed E-state index contributed by atoms with van der Waals surface area (Å²) in [6.07, 6.45) is -0.0668. The van der Waals surface area contributed by atoms with Gasteiger partial charge in [-0.25, -0.2) is 0 Å². The van der Waals surface area contributed by atoms with Crippen LogP contribution in [0, 0.1) is 0 Å². The van der Waals surface area contributed by atoms with Crippen LogP contribution in [-0.4, -0.2) is 29.6 Å². The van der Waals surface area contributed by atoms with Gasteiger partial charge in [0, 0.05) is 0 Å². The highest BCUT2D eigenvalue weighted by atomic mass is 32.2. The first-order valence-electron chi connectivity index (χ1n) is 5.35. The summed E-state index contributed by atoms with van der Waals surface area (Å²) in [5.41, 5.74) is 0.616. The Kier molecular flexibility index (Phi) is 4.83. The summed E-state index contributed by atoms with van der Waals surface area (Å²) in [7, 11) is -4.56. The fourth-order valence-corrected chi connectivity index (χ4v) is 1.70. The number of aliphatic hydroxyl groups is 1. The van der Waals surface area contributed by atoms with Gasteiger partial charge in [0.2, 0.25) is 0 Å². The van der Waals surface area contributed by atoms with Crippen molar-refractivity contribution in [1.82, 2.24) is 0 Å². The third-order valence-corrected chi connectivity index (χ3v) is 3.90. The maximum atomic E-state index is 11.9. The van der Waals surface area contributed by atoms with Gasteiger partial charge in [0.25, 0.3) is 10.1 Å². The fourth-order valence-electron chi connectivity index (χ4n) is 1.34. The van der Waals surface area contributed by atoms with E-state index in [1.807, 2.05) is 0 Å². The summed E-state index contributed by atoms with van der Waals surface area (Å²) in [5.74, 6) is -0.0136. The number of ether oxygens (including phenoxy) is 1. The van der Waals surface area contributed by atoms with Crippen molar-refractivity contribution in [1.29, 1.82) is 0 Å². The van der Waals surface area contributed by atoms with Crippen molar-refractivity contribution in [3.8, 4) is 5.75 Å². The lowest BCUT2D eigenvalue weighted by atomic mass is 10.1. The van der Waals surface area contributed by atoms with Crippen molar-refractivity contribution in [3.63, 3.8) is 0 Å². The monoisotopic (exact) mass is 296 g/mol. The molecule has 1 aromatic carbocycles. The zero-order chi connectivity index (χ0) is 14.7. The number of hydrogen-bond donors (Lipinski definition) is 2. The number of benzene rings is 1. The molecule has 0 saturated carbocycles. The highest BCUT2D eigenvalue weighted by Gasteiger charge is 2.34. The number of alkyl halides is 2. The van der Waals surface area contributed by atoms with E-state index in [0.717, 1.165) is 6.92 Å². The molecule has 1 atom stereocenters. The molecule has 0 aliphatic carbocycles. The molecule has 0 radical (unpaired) electrons. The first kappa shape index (κ1) is 15.8. The molecule has 1 unspecified atom stereocenters. The first-order chi connectivity index (χ1) is 8.62. The Balaban J connectivity index is 2.65. The van der Waals surface area contributed by atoms with Crippen LogP contribution in [0.25, 0.3) is 0 Å². The molecular formula is C11H14F2O5S. The van der Waals surface area contributed by atoms with E-state index in [0.29, 0.717) is 5.56 Å². The predicted octanol–water partition coefficient (Wildman–Crippen LogP) is 1.82. The van der Waals surface area contributed by atoms with Crippen LogP contribution >= 0.6 is 0 Å². The van der Waals surface area contributed by atoms with Gasteiger partial charge in [-0.3, -0.25) is 4.55 Å². The SMILES string of the molecule is CC(O)(CCc1ccc(OC(F)F)cc1)S(=O)(=O)O.